The van der Waals surface area contributed by atoms with Crippen LogP contribution in [0.5, 0.6) is 11.5 Å². The van der Waals surface area contributed by atoms with E-state index in [0.717, 1.165) is 18.4 Å². The first-order valence-electron chi connectivity index (χ1n) is 16.9. The van der Waals surface area contributed by atoms with Crippen LogP contribution in [0.1, 0.15) is 79.9 Å². The van der Waals surface area contributed by atoms with Crippen molar-refractivity contribution in [2.24, 2.45) is 11.8 Å². The molecule has 3 rings (SSSR count). The van der Waals surface area contributed by atoms with E-state index in [1.165, 1.54) is 5.56 Å². The van der Waals surface area contributed by atoms with E-state index in [-0.39, 0.29) is 28.4 Å². The molecule has 0 aliphatic carbocycles. The Hall–Kier alpha value is -3.50. The van der Waals surface area contributed by atoms with Gasteiger partial charge in [-0.3, -0.25) is 0 Å². The highest BCUT2D eigenvalue weighted by Gasteiger charge is 2.44. The van der Waals surface area contributed by atoms with E-state index < -0.39 is 26.0 Å². The molecule has 0 radical (unpaired) electrons. The van der Waals surface area contributed by atoms with E-state index in [0.29, 0.717) is 36.3 Å². The average molecular weight is 683 g/mol. The molecule has 0 spiro atoms. The molecule has 1 heterocycles. The molecule has 1 atom stereocenters. The monoisotopic (exact) mass is 682 g/mol. The van der Waals surface area contributed by atoms with Crippen molar-refractivity contribution in [1.29, 1.82) is 0 Å². The SMILES string of the molecule is COc1ccc(NC(=C2C(=O)OC(C)(C)OC2=O)N(Cc2ccc(CC(C)C)cc2)[C@@H](CO[Si](C)(C)C(C)(C)C)CC(C)C)c(OC)c1. The highest BCUT2D eigenvalue weighted by atomic mass is 28.4. The number of methoxy groups -OCH3 is 2. The number of ether oxygens (including phenoxy) is 4. The van der Waals surface area contributed by atoms with Crippen LogP contribution in [-0.4, -0.2) is 57.8 Å². The maximum Gasteiger partial charge on any atom is 0.352 e. The van der Waals surface area contributed by atoms with Crippen molar-refractivity contribution in [3.63, 3.8) is 0 Å². The summed E-state index contributed by atoms with van der Waals surface area (Å²) in [6, 6.07) is 13.6. The van der Waals surface area contributed by atoms with Crippen molar-refractivity contribution >= 4 is 25.9 Å². The average Bonchev–Trinajstić information content (AvgIpc) is 2.96. The molecule has 9 nitrogen and oxygen atoms in total. The zero-order chi connectivity index (χ0) is 36.0. The number of benzene rings is 2. The van der Waals surface area contributed by atoms with Crippen LogP contribution < -0.4 is 14.8 Å². The van der Waals surface area contributed by atoms with Crippen LogP contribution >= 0.6 is 0 Å². The van der Waals surface area contributed by atoms with E-state index in [4.69, 9.17) is 23.4 Å². The summed E-state index contributed by atoms with van der Waals surface area (Å²) in [5, 5.41) is 3.42. The third-order valence-electron chi connectivity index (χ3n) is 8.92. The summed E-state index contributed by atoms with van der Waals surface area (Å²) in [7, 11) is 0.961. The van der Waals surface area contributed by atoms with Gasteiger partial charge in [-0.1, -0.05) is 72.7 Å². The van der Waals surface area contributed by atoms with Gasteiger partial charge in [-0.25, -0.2) is 9.59 Å². The second-order valence-corrected chi connectivity index (χ2v) is 20.3. The van der Waals surface area contributed by atoms with Crippen molar-refractivity contribution < 1.29 is 33.0 Å². The lowest BCUT2D eigenvalue weighted by molar-refractivity contribution is -0.222. The third kappa shape index (κ3) is 10.2. The van der Waals surface area contributed by atoms with E-state index in [9.17, 15) is 9.59 Å². The van der Waals surface area contributed by atoms with Gasteiger partial charge in [0, 0.05) is 26.5 Å². The molecule has 0 saturated carbocycles. The lowest BCUT2D eigenvalue weighted by atomic mass is 9.99. The van der Waals surface area contributed by atoms with Gasteiger partial charge in [-0.2, -0.15) is 0 Å². The van der Waals surface area contributed by atoms with Crippen LogP contribution in [0.15, 0.2) is 53.9 Å². The first-order valence-corrected chi connectivity index (χ1v) is 19.9. The van der Waals surface area contributed by atoms with E-state index >= 15 is 0 Å². The summed E-state index contributed by atoms with van der Waals surface area (Å²) in [4.78, 5) is 29.6. The number of carbonyl (C=O) groups excluding carboxylic acids is 2. The van der Waals surface area contributed by atoms with Gasteiger partial charge in [0.25, 0.3) is 5.79 Å². The minimum Gasteiger partial charge on any atom is -0.497 e. The molecule has 1 N–H and O–H groups in total. The number of cyclic esters (lactones) is 2. The van der Waals surface area contributed by atoms with Crippen LogP contribution in [0.2, 0.25) is 18.1 Å². The minimum absolute atomic E-state index is 0.00890. The van der Waals surface area contributed by atoms with Crippen LogP contribution in [0, 0.1) is 11.8 Å². The molecular weight excluding hydrogens is 625 g/mol. The van der Waals surface area contributed by atoms with Gasteiger partial charge in [-0.05, 0) is 66.1 Å². The predicted molar refractivity (Wildman–Crippen MR) is 193 cm³/mol. The van der Waals surface area contributed by atoms with Crippen LogP contribution in [0.25, 0.3) is 0 Å². The molecule has 1 aliphatic rings. The van der Waals surface area contributed by atoms with E-state index in [1.54, 1.807) is 46.3 Å². The molecule has 0 bridgehead atoms. The molecule has 1 fully saturated rings. The fraction of sp³-hybridized carbons (Fsp3) is 0.579. The normalized spacial score (nSPS) is 15.6. The number of nitrogens with one attached hydrogen (secondary N) is 1. The maximum absolute atomic E-state index is 13.8. The first-order chi connectivity index (χ1) is 22.3. The number of carbonyl (C=O) groups is 2. The van der Waals surface area contributed by atoms with Crippen molar-refractivity contribution in [1.82, 2.24) is 4.90 Å². The Kier molecular flexibility index (Phi) is 12.8. The maximum atomic E-state index is 13.8. The quantitative estimate of drug-likeness (QED) is 0.0862. The molecule has 0 amide bonds. The van der Waals surface area contributed by atoms with Crippen LogP contribution in [-0.2, 0) is 36.5 Å². The summed E-state index contributed by atoms with van der Waals surface area (Å²) in [6.45, 7) is 23.7. The van der Waals surface area contributed by atoms with Gasteiger partial charge < -0.3 is 33.6 Å². The lowest BCUT2D eigenvalue weighted by Crippen LogP contribution is -2.49. The molecule has 266 valence electrons. The number of rotatable bonds is 15. The van der Waals surface area contributed by atoms with Crippen molar-refractivity contribution in [2.75, 3.05) is 26.1 Å². The highest BCUT2D eigenvalue weighted by Crippen LogP contribution is 2.38. The fourth-order valence-electron chi connectivity index (χ4n) is 5.34. The van der Waals surface area contributed by atoms with Crippen molar-refractivity contribution in [3.05, 3.63) is 65.0 Å². The molecule has 1 saturated heterocycles. The summed E-state index contributed by atoms with van der Waals surface area (Å²) < 4.78 is 29.3. The van der Waals surface area contributed by atoms with Gasteiger partial charge >= 0.3 is 11.9 Å². The molecule has 1 aliphatic heterocycles. The van der Waals surface area contributed by atoms with Crippen LogP contribution in [0.3, 0.4) is 0 Å². The van der Waals surface area contributed by atoms with Gasteiger partial charge in [0.2, 0.25) is 0 Å². The Labute approximate surface area is 289 Å². The predicted octanol–water partition coefficient (Wildman–Crippen LogP) is 8.30. The number of esters is 2. The van der Waals surface area contributed by atoms with Gasteiger partial charge in [0.1, 0.15) is 17.3 Å². The van der Waals surface area contributed by atoms with Crippen molar-refractivity contribution in [3.8, 4) is 11.5 Å². The van der Waals surface area contributed by atoms with Gasteiger partial charge in [0.05, 0.1) is 32.6 Å². The van der Waals surface area contributed by atoms with Crippen LogP contribution in [0.4, 0.5) is 5.69 Å². The van der Waals surface area contributed by atoms with Crippen molar-refractivity contribution in [2.45, 2.75) is 112 Å². The number of hydrogen-bond donors (Lipinski definition) is 1. The Bertz CT molecular complexity index is 1420. The smallest absolute Gasteiger partial charge is 0.352 e. The summed E-state index contributed by atoms with van der Waals surface area (Å²) >= 11 is 0. The van der Waals surface area contributed by atoms with Gasteiger partial charge in [-0.15, -0.1) is 0 Å². The molecule has 48 heavy (non-hydrogen) atoms. The molecule has 2 aromatic rings. The molecule has 10 heteroatoms. The third-order valence-corrected chi connectivity index (χ3v) is 13.4. The summed E-state index contributed by atoms with van der Waals surface area (Å²) in [5.74, 6) is -0.790. The summed E-state index contributed by atoms with van der Waals surface area (Å²) in [5.41, 5.74) is 2.59. The second-order valence-electron chi connectivity index (χ2n) is 15.5. The fourth-order valence-corrected chi connectivity index (χ4v) is 6.39. The number of nitrogens with zero attached hydrogens (tertiary/aromatic N) is 1. The lowest BCUT2D eigenvalue weighted by Gasteiger charge is -2.42. The topological polar surface area (TPSA) is 95.6 Å². The number of hydrogen-bond acceptors (Lipinski definition) is 9. The molecule has 0 aromatic heterocycles. The Morgan fingerprint density at radius 3 is 1.98 bits per heavy atom. The highest BCUT2D eigenvalue weighted by molar-refractivity contribution is 6.74. The van der Waals surface area contributed by atoms with E-state index in [1.807, 2.05) is 0 Å². The molecular formula is C38H58N2O7Si. The standard InChI is InChI=1S/C38H58N2O7Si/c1-25(2)20-27-14-16-28(17-15-27)23-40(29(21-26(3)4)24-45-48(12,13)37(5,6)7)34(33-35(41)46-38(8,9)47-36(33)42)39-31-19-18-30(43-10)22-32(31)44-11/h14-19,22,25-26,29,39H,20-21,23-24H2,1-13H3/t29-/m1/s1. The Balaban J connectivity index is 2.28. The van der Waals surface area contributed by atoms with Gasteiger partial charge in [0.15, 0.2) is 13.9 Å². The summed E-state index contributed by atoms with van der Waals surface area (Å²) in [6.07, 6.45) is 1.70. The van der Waals surface area contributed by atoms with E-state index in [2.05, 4.69) is 96.0 Å². The Morgan fingerprint density at radius 2 is 1.48 bits per heavy atom. The zero-order valence-electron chi connectivity index (χ0n) is 31.4. The Morgan fingerprint density at radius 1 is 0.896 bits per heavy atom. The minimum atomic E-state index is -2.18. The molecule has 2 aromatic carbocycles. The zero-order valence-corrected chi connectivity index (χ0v) is 32.4. The second kappa shape index (κ2) is 15.8. The number of anilines is 1. The molecule has 0 unspecified atom stereocenters. The largest absolute Gasteiger partial charge is 0.497 e. The first kappa shape index (κ1) is 38.9.